The third-order valence-corrected chi connectivity index (χ3v) is 3.24. The molecule has 4 nitrogen and oxygen atoms in total. The van der Waals surface area contributed by atoms with E-state index in [1.807, 2.05) is 24.3 Å². The first-order valence-corrected chi connectivity index (χ1v) is 6.49. The molecule has 1 aromatic carbocycles. The Morgan fingerprint density at radius 1 is 1.26 bits per heavy atom. The van der Waals surface area contributed by atoms with Crippen LogP contribution in [0.3, 0.4) is 0 Å². The topological polar surface area (TPSA) is 49.8 Å². The lowest BCUT2D eigenvalue weighted by Gasteiger charge is -2.24. The number of aliphatic carboxylic acids is 1. The average molecular weight is 265 g/mol. The van der Waals surface area contributed by atoms with E-state index in [0.29, 0.717) is 19.1 Å². The van der Waals surface area contributed by atoms with Gasteiger partial charge in [0, 0.05) is 13.7 Å². The molecule has 0 fully saturated rings. The Labute approximate surface area is 115 Å². The number of methoxy groups -OCH3 is 1. The van der Waals surface area contributed by atoms with Crippen molar-refractivity contribution >= 4 is 5.97 Å². The molecule has 0 radical (unpaired) electrons. The second kappa shape index (κ2) is 7.26. The largest absolute Gasteiger partial charge is 0.480 e. The van der Waals surface area contributed by atoms with Crippen LogP contribution in [0.4, 0.5) is 0 Å². The molecule has 0 aliphatic rings. The molecule has 4 heteroatoms. The number of nitrogens with zero attached hydrogens (tertiary/aromatic N) is 1. The first-order chi connectivity index (χ1) is 8.97. The van der Waals surface area contributed by atoms with Crippen LogP contribution in [0.5, 0.6) is 0 Å². The molecule has 1 unspecified atom stereocenters. The SMILES string of the molecule is COCCN(C)C(C(=O)O)c1ccc(C(C)C)cc1. The Kier molecular flexibility index (Phi) is 5.99. The minimum absolute atomic E-state index is 0.448. The molecule has 0 aliphatic carbocycles. The number of carboxylic acids is 1. The molecule has 0 saturated carbocycles. The van der Waals surface area contributed by atoms with Gasteiger partial charge in [-0.15, -0.1) is 0 Å². The fourth-order valence-corrected chi connectivity index (χ4v) is 2.01. The first kappa shape index (κ1) is 15.7. The number of rotatable bonds is 7. The van der Waals surface area contributed by atoms with E-state index in [2.05, 4.69) is 13.8 Å². The van der Waals surface area contributed by atoms with Gasteiger partial charge in [0.15, 0.2) is 0 Å². The molecule has 1 N–H and O–H groups in total. The maximum absolute atomic E-state index is 11.4. The van der Waals surface area contributed by atoms with Crippen LogP contribution >= 0.6 is 0 Å². The Hall–Kier alpha value is -1.39. The van der Waals surface area contributed by atoms with E-state index in [0.717, 1.165) is 5.56 Å². The Morgan fingerprint density at radius 3 is 2.21 bits per heavy atom. The summed E-state index contributed by atoms with van der Waals surface area (Å²) in [6, 6.07) is 7.17. The van der Waals surface area contributed by atoms with Crippen molar-refractivity contribution in [3.63, 3.8) is 0 Å². The molecular weight excluding hydrogens is 242 g/mol. The molecule has 1 aromatic rings. The van der Waals surface area contributed by atoms with Gasteiger partial charge in [-0.3, -0.25) is 9.69 Å². The van der Waals surface area contributed by atoms with Gasteiger partial charge in [0.25, 0.3) is 0 Å². The normalized spacial score (nSPS) is 12.9. The summed E-state index contributed by atoms with van der Waals surface area (Å²) in [7, 11) is 3.41. The van der Waals surface area contributed by atoms with Crippen molar-refractivity contribution in [2.45, 2.75) is 25.8 Å². The van der Waals surface area contributed by atoms with E-state index in [4.69, 9.17) is 4.74 Å². The monoisotopic (exact) mass is 265 g/mol. The number of hydrogen-bond acceptors (Lipinski definition) is 3. The van der Waals surface area contributed by atoms with E-state index in [1.54, 1.807) is 19.1 Å². The maximum atomic E-state index is 11.4. The van der Waals surface area contributed by atoms with Crippen LogP contribution in [-0.4, -0.2) is 43.3 Å². The van der Waals surface area contributed by atoms with E-state index in [-0.39, 0.29) is 0 Å². The Balaban J connectivity index is 2.89. The van der Waals surface area contributed by atoms with Gasteiger partial charge in [-0.25, -0.2) is 0 Å². The second-order valence-electron chi connectivity index (χ2n) is 5.04. The van der Waals surface area contributed by atoms with E-state index in [1.165, 1.54) is 5.56 Å². The summed E-state index contributed by atoms with van der Waals surface area (Å²) >= 11 is 0. The lowest BCUT2D eigenvalue weighted by atomic mass is 9.98. The summed E-state index contributed by atoms with van der Waals surface area (Å²) in [6.45, 7) is 5.34. The maximum Gasteiger partial charge on any atom is 0.325 e. The molecule has 106 valence electrons. The summed E-state index contributed by atoms with van der Waals surface area (Å²) in [6.07, 6.45) is 0. The Bertz CT molecular complexity index is 400. The quantitative estimate of drug-likeness (QED) is 0.823. The lowest BCUT2D eigenvalue weighted by Crippen LogP contribution is -2.33. The van der Waals surface area contributed by atoms with Gasteiger partial charge in [-0.1, -0.05) is 38.1 Å². The van der Waals surface area contributed by atoms with Crippen LogP contribution in [0.1, 0.15) is 36.9 Å². The molecule has 1 atom stereocenters. The number of benzene rings is 1. The average Bonchev–Trinajstić information content (AvgIpc) is 2.36. The smallest absolute Gasteiger partial charge is 0.325 e. The highest BCUT2D eigenvalue weighted by Crippen LogP contribution is 2.22. The van der Waals surface area contributed by atoms with Crippen molar-refractivity contribution in [1.29, 1.82) is 0 Å². The van der Waals surface area contributed by atoms with Crippen LogP contribution in [0.2, 0.25) is 0 Å². The molecule has 0 bridgehead atoms. The van der Waals surface area contributed by atoms with Gasteiger partial charge in [-0.05, 0) is 24.1 Å². The van der Waals surface area contributed by atoms with Gasteiger partial charge in [0.2, 0.25) is 0 Å². The second-order valence-corrected chi connectivity index (χ2v) is 5.04. The van der Waals surface area contributed by atoms with Crippen molar-refractivity contribution in [2.24, 2.45) is 0 Å². The van der Waals surface area contributed by atoms with E-state index < -0.39 is 12.0 Å². The number of hydrogen-bond donors (Lipinski definition) is 1. The summed E-state index contributed by atoms with van der Waals surface area (Å²) < 4.78 is 4.99. The highest BCUT2D eigenvalue weighted by atomic mass is 16.5. The first-order valence-electron chi connectivity index (χ1n) is 6.49. The highest BCUT2D eigenvalue weighted by molar-refractivity contribution is 5.75. The van der Waals surface area contributed by atoms with Gasteiger partial charge >= 0.3 is 5.97 Å². The van der Waals surface area contributed by atoms with Gasteiger partial charge < -0.3 is 9.84 Å². The summed E-state index contributed by atoms with van der Waals surface area (Å²) in [5.41, 5.74) is 2.02. The van der Waals surface area contributed by atoms with Crippen molar-refractivity contribution < 1.29 is 14.6 Å². The summed E-state index contributed by atoms with van der Waals surface area (Å²) in [5.74, 6) is -0.389. The predicted octanol–water partition coefficient (Wildman–Crippen LogP) is 2.51. The van der Waals surface area contributed by atoms with Crippen molar-refractivity contribution in [2.75, 3.05) is 27.3 Å². The van der Waals surface area contributed by atoms with Gasteiger partial charge in [0.1, 0.15) is 6.04 Å². The number of carboxylic acid groups (broad SMARTS) is 1. The number of carbonyl (C=O) groups is 1. The molecule has 0 aliphatic heterocycles. The van der Waals surface area contributed by atoms with Crippen molar-refractivity contribution in [1.82, 2.24) is 4.90 Å². The molecule has 0 amide bonds. The molecule has 1 rings (SSSR count). The standard InChI is InChI=1S/C15H23NO3/c1-11(2)12-5-7-13(8-6-12)14(15(17)18)16(3)9-10-19-4/h5-8,11,14H,9-10H2,1-4H3,(H,17,18). The molecule has 0 heterocycles. The van der Waals surface area contributed by atoms with Gasteiger partial charge in [0.05, 0.1) is 6.61 Å². The minimum Gasteiger partial charge on any atom is -0.480 e. The fraction of sp³-hybridized carbons (Fsp3) is 0.533. The van der Waals surface area contributed by atoms with Crippen LogP contribution in [-0.2, 0) is 9.53 Å². The van der Waals surface area contributed by atoms with E-state index in [9.17, 15) is 9.90 Å². The van der Waals surface area contributed by atoms with Crippen LogP contribution < -0.4 is 0 Å². The summed E-state index contributed by atoms with van der Waals surface area (Å²) in [5, 5.41) is 9.39. The van der Waals surface area contributed by atoms with Crippen LogP contribution in [0, 0.1) is 0 Å². The zero-order valence-electron chi connectivity index (χ0n) is 12.1. The lowest BCUT2D eigenvalue weighted by molar-refractivity contribution is -0.143. The minimum atomic E-state index is -0.837. The highest BCUT2D eigenvalue weighted by Gasteiger charge is 2.24. The number of likely N-dealkylation sites (N-methyl/N-ethyl adjacent to an activating group) is 1. The van der Waals surface area contributed by atoms with Crippen LogP contribution in [0.15, 0.2) is 24.3 Å². The van der Waals surface area contributed by atoms with Gasteiger partial charge in [-0.2, -0.15) is 0 Å². The number of ether oxygens (including phenoxy) is 1. The molecular formula is C15H23NO3. The molecule has 0 spiro atoms. The van der Waals surface area contributed by atoms with Crippen molar-refractivity contribution in [3.8, 4) is 0 Å². The molecule has 19 heavy (non-hydrogen) atoms. The molecule has 0 aromatic heterocycles. The molecule has 0 saturated heterocycles. The third-order valence-electron chi connectivity index (χ3n) is 3.24. The summed E-state index contributed by atoms with van der Waals surface area (Å²) in [4.78, 5) is 13.2. The zero-order chi connectivity index (χ0) is 14.4. The zero-order valence-corrected chi connectivity index (χ0v) is 12.1. The predicted molar refractivity (Wildman–Crippen MR) is 75.4 cm³/mol. The van der Waals surface area contributed by atoms with Crippen LogP contribution in [0.25, 0.3) is 0 Å². The Morgan fingerprint density at radius 2 is 1.79 bits per heavy atom. The van der Waals surface area contributed by atoms with E-state index >= 15 is 0 Å². The third kappa shape index (κ3) is 4.33. The van der Waals surface area contributed by atoms with Crippen molar-refractivity contribution in [3.05, 3.63) is 35.4 Å². The fourth-order valence-electron chi connectivity index (χ4n) is 2.01.